The van der Waals surface area contributed by atoms with Gasteiger partial charge in [-0.3, -0.25) is 0 Å². The number of H-pyrrole nitrogens is 1. The highest BCUT2D eigenvalue weighted by molar-refractivity contribution is 7.26. The molecule has 140 valence electrons. The Morgan fingerprint density at radius 3 is 2.27 bits per heavy atom. The molecule has 1 N–H and O–H groups in total. The number of thiophene rings is 1. The molecule has 30 heavy (non-hydrogen) atoms. The van der Waals surface area contributed by atoms with E-state index >= 15 is 0 Å². The van der Waals surface area contributed by atoms with Crippen LogP contribution in [-0.2, 0) is 0 Å². The van der Waals surface area contributed by atoms with Gasteiger partial charge in [-0.1, -0.05) is 66.7 Å². The van der Waals surface area contributed by atoms with Crippen molar-refractivity contribution in [1.29, 1.82) is 0 Å². The molecule has 0 aliphatic carbocycles. The first-order valence-corrected chi connectivity index (χ1v) is 11.0. The van der Waals surface area contributed by atoms with Crippen LogP contribution in [0.2, 0.25) is 0 Å². The molecule has 0 unspecified atom stereocenters. The molecule has 0 saturated carbocycles. The zero-order valence-electron chi connectivity index (χ0n) is 16.1. The topological polar surface area (TPSA) is 15.8 Å². The van der Waals surface area contributed by atoms with Crippen molar-refractivity contribution in [3.05, 3.63) is 97.1 Å². The molecular formula is C28H17NS. The van der Waals surface area contributed by atoms with Crippen LogP contribution in [0.5, 0.6) is 0 Å². The van der Waals surface area contributed by atoms with E-state index in [2.05, 4.69) is 102 Å². The second-order valence-corrected chi connectivity index (χ2v) is 8.99. The SMILES string of the molecule is c1ccc(-c2ccc3[nH]c4cc5sc6ccc7ccccc7c6c5cc4c3c2)cc1. The molecule has 0 radical (unpaired) electrons. The van der Waals surface area contributed by atoms with Crippen LogP contribution in [0.15, 0.2) is 97.1 Å². The summed E-state index contributed by atoms with van der Waals surface area (Å²) in [6, 6.07) is 35.3. The quantitative estimate of drug-likeness (QED) is 0.285. The first-order chi connectivity index (χ1) is 14.8. The molecule has 0 bridgehead atoms. The summed E-state index contributed by atoms with van der Waals surface area (Å²) in [5.74, 6) is 0. The average molecular weight is 400 g/mol. The minimum atomic E-state index is 1.19. The van der Waals surface area contributed by atoms with Gasteiger partial charge in [-0.15, -0.1) is 11.3 Å². The van der Waals surface area contributed by atoms with E-state index in [1.165, 1.54) is 63.9 Å². The molecule has 2 aromatic heterocycles. The molecule has 0 aliphatic heterocycles. The summed E-state index contributed by atoms with van der Waals surface area (Å²) in [5, 5.41) is 7.95. The summed E-state index contributed by atoms with van der Waals surface area (Å²) in [4.78, 5) is 3.64. The molecular weight excluding hydrogens is 382 g/mol. The van der Waals surface area contributed by atoms with Gasteiger partial charge in [-0.25, -0.2) is 0 Å². The predicted molar refractivity (Wildman–Crippen MR) is 132 cm³/mol. The maximum atomic E-state index is 3.64. The predicted octanol–water partition coefficient (Wildman–Crippen LogP) is 8.51. The number of nitrogens with one attached hydrogen (secondary N) is 1. The van der Waals surface area contributed by atoms with E-state index in [0.717, 1.165) is 0 Å². The van der Waals surface area contributed by atoms with Crippen LogP contribution in [0, 0.1) is 0 Å². The van der Waals surface area contributed by atoms with E-state index in [0.29, 0.717) is 0 Å². The summed E-state index contributed by atoms with van der Waals surface area (Å²) in [6.45, 7) is 0. The zero-order valence-corrected chi connectivity index (χ0v) is 17.0. The van der Waals surface area contributed by atoms with Crippen LogP contribution in [0.1, 0.15) is 0 Å². The number of benzene rings is 5. The minimum Gasteiger partial charge on any atom is -0.354 e. The van der Waals surface area contributed by atoms with Crippen molar-refractivity contribution < 1.29 is 0 Å². The summed E-state index contributed by atoms with van der Waals surface area (Å²) in [6.07, 6.45) is 0. The molecule has 1 nitrogen and oxygen atoms in total. The lowest BCUT2D eigenvalue weighted by molar-refractivity contribution is 1.55. The molecule has 5 aromatic carbocycles. The van der Waals surface area contributed by atoms with Gasteiger partial charge in [0.1, 0.15) is 0 Å². The molecule has 0 fully saturated rings. The Morgan fingerprint density at radius 1 is 0.500 bits per heavy atom. The fourth-order valence-corrected chi connectivity index (χ4v) is 5.89. The van der Waals surface area contributed by atoms with Crippen molar-refractivity contribution in [2.24, 2.45) is 0 Å². The molecule has 0 spiro atoms. The minimum absolute atomic E-state index is 1.19. The summed E-state index contributed by atoms with van der Waals surface area (Å²) < 4.78 is 2.69. The Bertz CT molecular complexity index is 1740. The Kier molecular flexibility index (Phi) is 3.21. The highest BCUT2D eigenvalue weighted by atomic mass is 32.1. The summed E-state index contributed by atoms with van der Waals surface area (Å²) in [7, 11) is 0. The maximum absolute atomic E-state index is 3.64. The van der Waals surface area contributed by atoms with Gasteiger partial charge in [0, 0.05) is 42.0 Å². The van der Waals surface area contributed by atoms with Gasteiger partial charge in [0.2, 0.25) is 0 Å². The van der Waals surface area contributed by atoms with Gasteiger partial charge in [0.05, 0.1) is 0 Å². The Labute approximate surface area is 177 Å². The van der Waals surface area contributed by atoms with E-state index in [9.17, 15) is 0 Å². The molecule has 0 amide bonds. The summed E-state index contributed by atoms with van der Waals surface area (Å²) >= 11 is 1.88. The third-order valence-corrected chi connectivity index (χ3v) is 7.30. The van der Waals surface area contributed by atoms with E-state index in [-0.39, 0.29) is 0 Å². The second kappa shape index (κ2) is 5.94. The average Bonchev–Trinajstić information content (AvgIpc) is 3.35. The molecule has 2 heterocycles. The Morgan fingerprint density at radius 2 is 1.33 bits per heavy atom. The second-order valence-electron chi connectivity index (χ2n) is 7.91. The van der Waals surface area contributed by atoms with Crippen molar-refractivity contribution in [3.63, 3.8) is 0 Å². The highest BCUT2D eigenvalue weighted by Crippen LogP contribution is 2.41. The van der Waals surface area contributed by atoms with Crippen LogP contribution in [0.4, 0.5) is 0 Å². The number of aromatic nitrogens is 1. The van der Waals surface area contributed by atoms with Crippen LogP contribution in [0.3, 0.4) is 0 Å². The van der Waals surface area contributed by atoms with Gasteiger partial charge >= 0.3 is 0 Å². The van der Waals surface area contributed by atoms with E-state index < -0.39 is 0 Å². The van der Waals surface area contributed by atoms with Gasteiger partial charge in [0.25, 0.3) is 0 Å². The fraction of sp³-hybridized carbons (Fsp3) is 0. The maximum Gasteiger partial charge on any atom is 0.0479 e. The largest absolute Gasteiger partial charge is 0.354 e. The standard InChI is InChI=1S/C28H17NS/c1-2-6-17(7-3-1)19-10-12-24-21(14-19)22-15-23-27(16-25(22)29-24)30-26-13-11-18-8-4-5-9-20(18)28(23)26/h1-16,29H. The number of rotatable bonds is 1. The van der Waals surface area contributed by atoms with E-state index in [4.69, 9.17) is 0 Å². The van der Waals surface area contributed by atoms with Crippen LogP contribution in [-0.4, -0.2) is 4.98 Å². The lowest BCUT2D eigenvalue weighted by Crippen LogP contribution is -1.77. The zero-order chi connectivity index (χ0) is 19.7. The van der Waals surface area contributed by atoms with Crippen LogP contribution < -0.4 is 0 Å². The number of fused-ring (bicyclic) bond motifs is 8. The lowest BCUT2D eigenvalue weighted by Gasteiger charge is -2.02. The number of hydrogen-bond acceptors (Lipinski definition) is 1. The molecule has 0 atom stereocenters. The first-order valence-electron chi connectivity index (χ1n) is 10.2. The molecule has 0 saturated heterocycles. The van der Waals surface area contributed by atoms with Crippen LogP contribution >= 0.6 is 11.3 Å². The van der Waals surface area contributed by atoms with Crippen molar-refractivity contribution in [3.8, 4) is 11.1 Å². The van der Waals surface area contributed by atoms with E-state index in [1.807, 2.05) is 11.3 Å². The summed E-state index contributed by atoms with van der Waals surface area (Å²) in [5.41, 5.74) is 4.90. The highest BCUT2D eigenvalue weighted by Gasteiger charge is 2.13. The van der Waals surface area contributed by atoms with Crippen LogP contribution in [0.25, 0.3) is 63.9 Å². The molecule has 0 aliphatic rings. The Balaban J connectivity index is 1.59. The van der Waals surface area contributed by atoms with Crippen molar-refractivity contribution in [2.75, 3.05) is 0 Å². The lowest BCUT2D eigenvalue weighted by atomic mass is 10.0. The van der Waals surface area contributed by atoms with Gasteiger partial charge < -0.3 is 4.98 Å². The Hall–Kier alpha value is -3.62. The molecule has 7 aromatic rings. The van der Waals surface area contributed by atoms with Crippen molar-refractivity contribution >= 4 is 64.1 Å². The van der Waals surface area contributed by atoms with Crippen molar-refractivity contribution in [2.45, 2.75) is 0 Å². The molecule has 2 heteroatoms. The molecule has 7 rings (SSSR count). The monoisotopic (exact) mass is 399 g/mol. The smallest absolute Gasteiger partial charge is 0.0479 e. The van der Waals surface area contributed by atoms with Gasteiger partial charge in [0.15, 0.2) is 0 Å². The third-order valence-electron chi connectivity index (χ3n) is 6.19. The normalized spacial score (nSPS) is 12.0. The fourth-order valence-electron chi connectivity index (χ4n) is 4.75. The number of hydrogen-bond donors (Lipinski definition) is 1. The van der Waals surface area contributed by atoms with E-state index in [1.54, 1.807) is 0 Å². The van der Waals surface area contributed by atoms with Crippen molar-refractivity contribution in [1.82, 2.24) is 4.98 Å². The first kappa shape index (κ1) is 16.2. The van der Waals surface area contributed by atoms with Gasteiger partial charge in [-0.05, 0) is 52.2 Å². The van der Waals surface area contributed by atoms with Gasteiger partial charge in [-0.2, -0.15) is 0 Å². The third kappa shape index (κ3) is 2.23. The number of aromatic amines is 1.